The molecule has 1 unspecified atom stereocenters. The molecule has 7 nitrogen and oxygen atoms in total. The fraction of sp³-hybridized carbons (Fsp3) is 0.314. The topological polar surface area (TPSA) is 95.0 Å². The van der Waals surface area contributed by atoms with E-state index < -0.39 is 5.92 Å². The third-order valence-electron chi connectivity index (χ3n) is 7.90. The van der Waals surface area contributed by atoms with Crippen molar-refractivity contribution in [3.05, 3.63) is 101 Å². The SMILES string of the molecule is CC(C)(C)c1cc(C2CC(=O)N(c3ccc(Cc4ccc(N5C(=O)C=CC5=O)cc4)cc3)C2=O)cc(C(C)(C)C)c1O. The number of rotatable bonds is 5. The van der Waals surface area contributed by atoms with Crippen LogP contribution in [-0.4, -0.2) is 28.7 Å². The molecular weight excluding hydrogens is 528 g/mol. The number of hydrogen-bond acceptors (Lipinski definition) is 5. The molecule has 1 saturated heterocycles. The standard InChI is InChI=1S/C35H36N2O5/c1-34(2,3)27-18-23(19-28(32(27)41)35(4,5)6)26-20-31(40)37(33(26)42)25-13-9-22(10-14-25)17-21-7-11-24(12-8-21)36-29(38)15-16-30(36)39/h7-16,18-19,26,41H,17,20H2,1-6H3. The molecule has 216 valence electrons. The summed E-state index contributed by atoms with van der Waals surface area (Å²) >= 11 is 0. The summed E-state index contributed by atoms with van der Waals surface area (Å²) < 4.78 is 0. The first-order valence-corrected chi connectivity index (χ1v) is 14.1. The second-order valence-electron chi connectivity index (χ2n) is 13.1. The Kier molecular flexibility index (Phi) is 7.17. The predicted octanol–water partition coefficient (Wildman–Crippen LogP) is 6.05. The van der Waals surface area contributed by atoms with Gasteiger partial charge >= 0.3 is 0 Å². The number of phenolic OH excluding ortho intramolecular Hbond substituents is 1. The Labute approximate surface area is 246 Å². The number of hydrogen-bond donors (Lipinski definition) is 1. The number of phenols is 1. The lowest BCUT2D eigenvalue weighted by molar-refractivity contribution is -0.122. The average molecular weight is 565 g/mol. The fourth-order valence-electron chi connectivity index (χ4n) is 5.58. The number of nitrogens with zero attached hydrogens (tertiary/aromatic N) is 2. The normalized spacial score (nSPS) is 17.6. The summed E-state index contributed by atoms with van der Waals surface area (Å²) in [5, 5.41) is 11.1. The number of benzene rings is 3. The van der Waals surface area contributed by atoms with Gasteiger partial charge in [-0.25, -0.2) is 4.90 Å². The van der Waals surface area contributed by atoms with E-state index in [9.17, 15) is 24.3 Å². The van der Waals surface area contributed by atoms with E-state index in [0.717, 1.165) is 32.7 Å². The van der Waals surface area contributed by atoms with E-state index in [0.29, 0.717) is 17.8 Å². The molecule has 42 heavy (non-hydrogen) atoms. The number of amides is 4. The van der Waals surface area contributed by atoms with Crippen LogP contribution in [0.3, 0.4) is 0 Å². The first-order valence-electron chi connectivity index (χ1n) is 14.1. The lowest BCUT2D eigenvalue weighted by atomic mass is 9.77. The van der Waals surface area contributed by atoms with Crippen LogP contribution in [0.4, 0.5) is 11.4 Å². The summed E-state index contributed by atoms with van der Waals surface area (Å²) in [5.74, 6) is -1.61. The third kappa shape index (κ3) is 5.39. The van der Waals surface area contributed by atoms with Gasteiger partial charge in [0.15, 0.2) is 0 Å². The van der Waals surface area contributed by atoms with Crippen molar-refractivity contribution in [3.63, 3.8) is 0 Å². The first-order chi connectivity index (χ1) is 19.6. The van der Waals surface area contributed by atoms with Gasteiger partial charge in [0.25, 0.3) is 11.8 Å². The zero-order chi connectivity index (χ0) is 30.6. The maximum Gasteiger partial charge on any atom is 0.258 e. The number of aromatic hydroxyl groups is 1. The highest BCUT2D eigenvalue weighted by atomic mass is 16.3. The summed E-state index contributed by atoms with van der Waals surface area (Å²) in [6.07, 6.45) is 3.19. The first kappa shape index (κ1) is 29.0. The zero-order valence-electron chi connectivity index (χ0n) is 24.9. The van der Waals surface area contributed by atoms with Crippen molar-refractivity contribution in [3.8, 4) is 5.75 Å². The Bertz CT molecular complexity index is 1570. The van der Waals surface area contributed by atoms with Crippen LogP contribution in [0.5, 0.6) is 5.75 Å². The van der Waals surface area contributed by atoms with Gasteiger partial charge in [-0.3, -0.25) is 24.1 Å². The molecule has 0 aromatic heterocycles. The Morgan fingerprint density at radius 2 is 1.12 bits per heavy atom. The van der Waals surface area contributed by atoms with Gasteiger partial charge in [-0.2, -0.15) is 0 Å². The summed E-state index contributed by atoms with van der Waals surface area (Å²) in [6.45, 7) is 12.1. The molecule has 0 radical (unpaired) electrons. The monoisotopic (exact) mass is 564 g/mol. The molecule has 7 heteroatoms. The van der Waals surface area contributed by atoms with E-state index in [1.807, 2.05) is 77.9 Å². The van der Waals surface area contributed by atoms with E-state index in [2.05, 4.69) is 0 Å². The van der Waals surface area contributed by atoms with Gasteiger partial charge in [0.05, 0.1) is 17.3 Å². The molecule has 3 aromatic rings. The fourth-order valence-corrected chi connectivity index (χ4v) is 5.58. The summed E-state index contributed by atoms with van der Waals surface area (Å²) in [4.78, 5) is 53.1. The molecule has 5 rings (SSSR count). The number of carbonyl (C=O) groups excluding carboxylic acids is 4. The largest absolute Gasteiger partial charge is 0.507 e. The van der Waals surface area contributed by atoms with Crippen LogP contribution >= 0.6 is 0 Å². The average Bonchev–Trinajstić information content (AvgIpc) is 3.40. The van der Waals surface area contributed by atoms with Crippen LogP contribution in [0.25, 0.3) is 0 Å². The van der Waals surface area contributed by atoms with Gasteiger partial charge in [0, 0.05) is 18.6 Å². The van der Waals surface area contributed by atoms with Gasteiger partial charge in [0.1, 0.15) is 5.75 Å². The molecule has 0 saturated carbocycles. The van der Waals surface area contributed by atoms with Crippen molar-refractivity contribution in [1.29, 1.82) is 0 Å². The van der Waals surface area contributed by atoms with Crippen molar-refractivity contribution in [2.24, 2.45) is 0 Å². The molecule has 1 atom stereocenters. The lowest BCUT2D eigenvalue weighted by Gasteiger charge is -2.29. The highest BCUT2D eigenvalue weighted by Crippen LogP contribution is 2.43. The van der Waals surface area contributed by atoms with E-state index in [-0.39, 0.29) is 46.6 Å². The number of carbonyl (C=O) groups is 4. The summed E-state index contributed by atoms with van der Waals surface area (Å²) in [6, 6.07) is 18.3. The van der Waals surface area contributed by atoms with Crippen molar-refractivity contribution >= 4 is 35.0 Å². The number of imide groups is 2. The Balaban J connectivity index is 1.35. The Hall–Kier alpha value is -4.52. The summed E-state index contributed by atoms with van der Waals surface area (Å²) in [5.41, 5.74) is 4.60. The molecule has 2 heterocycles. The minimum Gasteiger partial charge on any atom is -0.507 e. The van der Waals surface area contributed by atoms with Crippen LogP contribution in [-0.2, 0) is 36.4 Å². The lowest BCUT2D eigenvalue weighted by Crippen LogP contribution is -2.30. The molecule has 3 aromatic carbocycles. The van der Waals surface area contributed by atoms with Crippen LogP contribution in [0.2, 0.25) is 0 Å². The molecule has 1 fully saturated rings. The van der Waals surface area contributed by atoms with Crippen LogP contribution in [0, 0.1) is 0 Å². The van der Waals surface area contributed by atoms with Gasteiger partial charge in [-0.1, -0.05) is 77.9 Å². The summed E-state index contributed by atoms with van der Waals surface area (Å²) in [7, 11) is 0. The van der Waals surface area contributed by atoms with E-state index in [4.69, 9.17) is 0 Å². The molecule has 2 aliphatic rings. The van der Waals surface area contributed by atoms with Crippen molar-refractivity contribution in [1.82, 2.24) is 0 Å². The van der Waals surface area contributed by atoms with E-state index in [1.165, 1.54) is 17.1 Å². The second-order valence-corrected chi connectivity index (χ2v) is 13.1. The van der Waals surface area contributed by atoms with Crippen LogP contribution in [0.15, 0.2) is 72.8 Å². The van der Waals surface area contributed by atoms with Gasteiger partial charge in [-0.05, 0) is 69.3 Å². The Morgan fingerprint density at radius 1 is 0.690 bits per heavy atom. The predicted molar refractivity (Wildman–Crippen MR) is 163 cm³/mol. The van der Waals surface area contributed by atoms with Crippen LogP contribution in [0.1, 0.15) is 81.7 Å². The number of anilines is 2. The maximum atomic E-state index is 13.7. The van der Waals surface area contributed by atoms with Gasteiger partial charge in [0.2, 0.25) is 11.8 Å². The second kappa shape index (κ2) is 10.4. The highest BCUT2D eigenvalue weighted by molar-refractivity contribution is 6.28. The molecule has 2 aliphatic heterocycles. The molecule has 1 N–H and O–H groups in total. The van der Waals surface area contributed by atoms with E-state index in [1.54, 1.807) is 24.3 Å². The van der Waals surface area contributed by atoms with E-state index >= 15 is 0 Å². The molecular formula is C35H36N2O5. The molecule has 0 spiro atoms. The molecule has 4 amide bonds. The molecule has 0 bridgehead atoms. The Morgan fingerprint density at radius 3 is 1.55 bits per heavy atom. The quantitative estimate of drug-likeness (QED) is 0.381. The smallest absolute Gasteiger partial charge is 0.258 e. The molecule has 0 aliphatic carbocycles. The van der Waals surface area contributed by atoms with Crippen molar-refractivity contribution in [2.45, 2.75) is 71.1 Å². The maximum absolute atomic E-state index is 13.7. The zero-order valence-corrected chi connectivity index (χ0v) is 24.9. The van der Waals surface area contributed by atoms with Gasteiger partial charge in [-0.15, -0.1) is 0 Å². The minimum atomic E-state index is -0.622. The highest BCUT2D eigenvalue weighted by Gasteiger charge is 2.41. The van der Waals surface area contributed by atoms with Crippen molar-refractivity contribution in [2.75, 3.05) is 9.80 Å². The van der Waals surface area contributed by atoms with Crippen LogP contribution < -0.4 is 9.80 Å². The van der Waals surface area contributed by atoms with Gasteiger partial charge < -0.3 is 5.11 Å². The third-order valence-corrected chi connectivity index (χ3v) is 7.90. The minimum absolute atomic E-state index is 0.0718. The van der Waals surface area contributed by atoms with Crippen molar-refractivity contribution < 1.29 is 24.3 Å².